The van der Waals surface area contributed by atoms with Crippen LogP contribution in [-0.2, 0) is 4.79 Å². The Kier molecular flexibility index (Phi) is 5.35. The van der Waals surface area contributed by atoms with Crippen molar-refractivity contribution in [3.8, 4) is 0 Å². The summed E-state index contributed by atoms with van der Waals surface area (Å²) in [7, 11) is 0. The zero-order valence-corrected chi connectivity index (χ0v) is 12.2. The zero-order valence-electron chi connectivity index (χ0n) is 12.2. The molecule has 0 unspecified atom stereocenters. The van der Waals surface area contributed by atoms with Gasteiger partial charge in [0.2, 0.25) is 0 Å². The van der Waals surface area contributed by atoms with Crippen LogP contribution in [0.3, 0.4) is 0 Å². The van der Waals surface area contributed by atoms with Crippen molar-refractivity contribution < 1.29 is 18.9 Å². The standard InChI is InChI=1S/C16H12FN3O4/c17-13-8-5-12(6-9-13)16(22)19-18-15(21)10-7-11-3-1-2-4-14(11)20(23)24/h1-10H,(H,18,21)(H,19,22). The van der Waals surface area contributed by atoms with E-state index >= 15 is 0 Å². The molecule has 2 N–H and O–H groups in total. The van der Waals surface area contributed by atoms with Gasteiger partial charge < -0.3 is 0 Å². The molecule has 122 valence electrons. The van der Waals surface area contributed by atoms with Crippen molar-refractivity contribution in [1.82, 2.24) is 10.9 Å². The van der Waals surface area contributed by atoms with Gasteiger partial charge >= 0.3 is 0 Å². The maximum Gasteiger partial charge on any atom is 0.276 e. The van der Waals surface area contributed by atoms with E-state index in [9.17, 15) is 24.1 Å². The van der Waals surface area contributed by atoms with Gasteiger partial charge in [-0.25, -0.2) is 4.39 Å². The molecule has 2 aromatic rings. The Balaban J connectivity index is 1.95. The van der Waals surface area contributed by atoms with Crippen molar-refractivity contribution in [2.45, 2.75) is 0 Å². The molecule has 7 nitrogen and oxygen atoms in total. The van der Waals surface area contributed by atoms with E-state index in [0.29, 0.717) is 0 Å². The number of hydrogen-bond donors (Lipinski definition) is 2. The molecule has 0 aliphatic carbocycles. The number of amides is 2. The number of carbonyl (C=O) groups excluding carboxylic acids is 2. The van der Waals surface area contributed by atoms with E-state index in [1.54, 1.807) is 6.07 Å². The topological polar surface area (TPSA) is 101 Å². The maximum absolute atomic E-state index is 12.8. The predicted molar refractivity (Wildman–Crippen MR) is 84.1 cm³/mol. The number of nitro groups is 1. The second kappa shape index (κ2) is 7.63. The molecule has 0 bridgehead atoms. The molecule has 0 saturated carbocycles. The summed E-state index contributed by atoms with van der Waals surface area (Å²) >= 11 is 0. The summed E-state index contributed by atoms with van der Waals surface area (Å²) in [6.07, 6.45) is 2.31. The number of hydrazine groups is 1. The molecule has 0 aromatic heterocycles. The minimum atomic E-state index is -0.677. The number of benzene rings is 2. The fourth-order valence-corrected chi connectivity index (χ4v) is 1.79. The summed E-state index contributed by atoms with van der Waals surface area (Å²) in [4.78, 5) is 33.6. The Morgan fingerprint density at radius 3 is 2.38 bits per heavy atom. The van der Waals surface area contributed by atoms with Crippen LogP contribution in [0.1, 0.15) is 15.9 Å². The molecular formula is C16H12FN3O4. The van der Waals surface area contributed by atoms with Crippen molar-refractivity contribution >= 4 is 23.6 Å². The predicted octanol–water partition coefficient (Wildman–Crippen LogP) is 2.21. The zero-order chi connectivity index (χ0) is 17.5. The number of carbonyl (C=O) groups is 2. The number of nitrogens with one attached hydrogen (secondary N) is 2. The number of hydrogen-bond acceptors (Lipinski definition) is 4. The molecule has 0 fully saturated rings. The molecule has 2 amide bonds. The SMILES string of the molecule is O=C(C=Cc1ccccc1[N+](=O)[O-])NNC(=O)c1ccc(F)cc1. The lowest BCUT2D eigenvalue weighted by Gasteiger charge is -2.05. The first kappa shape index (κ1) is 16.8. The Bertz CT molecular complexity index is 803. The van der Waals surface area contributed by atoms with Crippen LogP contribution in [0.5, 0.6) is 0 Å². The van der Waals surface area contributed by atoms with E-state index in [4.69, 9.17) is 0 Å². The van der Waals surface area contributed by atoms with Crippen molar-refractivity contribution in [2.24, 2.45) is 0 Å². The van der Waals surface area contributed by atoms with Crippen LogP contribution in [-0.4, -0.2) is 16.7 Å². The first-order chi connectivity index (χ1) is 11.5. The van der Waals surface area contributed by atoms with Gasteiger partial charge in [-0.1, -0.05) is 12.1 Å². The highest BCUT2D eigenvalue weighted by molar-refractivity contribution is 5.98. The van der Waals surface area contributed by atoms with Crippen LogP contribution in [0.4, 0.5) is 10.1 Å². The highest BCUT2D eigenvalue weighted by Gasteiger charge is 2.10. The molecular weight excluding hydrogens is 317 g/mol. The number of nitro benzene ring substituents is 1. The second-order valence-electron chi connectivity index (χ2n) is 4.60. The van der Waals surface area contributed by atoms with E-state index in [2.05, 4.69) is 10.9 Å². The molecule has 24 heavy (non-hydrogen) atoms. The summed E-state index contributed by atoms with van der Waals surface area (Å²) in [5.41, 5.74) is 4.55. The van der Waals surface area contributed by atoms with Gasteiger partial charge in [0.15, 0.2) is 0 Å². The van der Waals surface area contributed by atoms with Crippen LogP contribution >= 0.6 is 0 Å². The first-order valence-electron chi connectivity index (χ1n) is 6.75. The minimum absolute atomic E-state index is 0.142. The van der Waals surface area contributed by atoms with Gasteiger partial charge in [-0.2, -0.15) is 0 Å². The highest BCUT2D eigenvalue weighted by atomic mass is 19.1. The summed E-state index contributed by atoms with van der Waals surface area (Å²) in [5.74, 6) is -1.78. The quantitative estimate of drug-likeness (QED) is 0.510. The first-order valence-corrected chi connectivity index (χ1v) is 6.75. The lowest BCUT2D eigenvalue weighted by atomic mass is 10.1. The molecule has 0 saturated heterocycles. The molecule has 0 atom stereocenters. The van der Waals surface area contributed by atoms with E-state index in [1.807, 2.05) is 0 Å². The van der Waals surface area contributed by atoms with Gasteiger partial charge in [-0.05, 0) is 36.4 Å². The molecule has 0 radical (unpaired) electrons. The van der Waals surface area contributed by atoms with Crippen molar-refractivity contribution in [3.63, 3.8) is 0 Å². The Labute approximate surface area is 135 Å². The third-order valence-electron chi connectivity index (χ3n) is 2.95. The minimum Gasteiger partial charge on any atom is -0.268 e. The third kappa shape index (κ3) is 4.47. The molecule has 0 spiro atoms. The molecule has 8 heteroatoms. The summed E-state index contributed by atoms with van der Waals surface area (Å²) in [6, 6.07) is 10.7. The fraction of sp³-hybridized carbons (Fsp3) is 0. The van der Waals surface area contributed by atoms with Crippen molar-refractivity contribution in [3.05, 3.63) is 81.7 Å². The summed E-state index contributed by atoms with van der Waals surface area (Å²) in [6.45, 7) is 0. The van der Waals surface area contributed by atoms with Crippen LogP contribution in [0.15, 0.2) is 54.6 Å². The normalized spacial score (nSPS) is 10.4. The Morgan fingerprint density at radius 1 is 1.04 bits per heavy atom. The molecule has 0 heterocycles. The molecule has 2 aromatic carbocycles. The number of rotatable bonds is 4. The van der Waals surface area contributed by atoms with E-state index in [1.165, 1.54) is 36.4 Å². The maximum atomic E-state index is 12.8. The lowest BCUT2D eigenvalue weighted by Crippen LogP contribution is -2.40. The van der Waals surface area contributed by atoms with Gasteiger partial charge in [0.1, 0.15) is 5.82 Å². The van der Waals surface area contributed by atoms with Crippen LogP contribution in [0.25, 0.3) is 6.08 Å². The number of halogens is 1. The van der Waals surface area contributed by atoms with Gasteiger partial charge in [0, 0.05) is 17.7 Å². The van der Waals surface area contributed by atoms with Crippen molar-refractivity contribution in [1.29, 1.82) is 0 Å². The highest BCUT2D eigenvalue weighted by Crippen LogP contribution is 2.18. The number of para-hydroxylation sites is 1. The smallest absolute Gasteiger partial charge is 0.268 e. The third-order valence-corrected chi connectivity index (χ3v) is 2.95. The largest absolute Gasteiger partial charge is 0.276 e. The number of nitrogens with zero attached hydrogens (tertiary/aromatic N) is 1. The molecule has 2 rings (SSSR count). The van der Waals surface area contributed by atoms with Gasteiger partial charge in [-0.15, -0.1) is 0 Å². The van der Waals surface area contributed by atoms with E-state index in [-0.39, 0.29) is 16.8 Å². The summed E-state index contributed by atoms with van der Waals surface area (Å²) < 4.78 is 12.8. The fourth-order valence-electron chi connectivity index (χ4n) is 1.79. The van der Waals surface area contributed by atoms with E-state index in [0.717, 1.165) is 18.2 Å². The van der Waals surface area contributed by atoms with Gasteiger partial charge in [0.05, 0.1) is 10.5 Å². The molecule has 0 aliphatic rings. The van der Waals surface area contributed by atoms with Gasteiger partial charge in [-0.3, -0.25) is 30.6 Å². The van der Waals surface area contributed by atoms with Gasteiger partial charge in [0.25, 0.3) is 17.5 Å². The van der Waals surface area contributed by atoms with Crippen LogP contribution in [0.2, 0.25) is 0 Å². The lowest BCUT2D eigenvalue weighted by molar-refractivity contribution is -0.385. The Morgan fingerprint density at radius 2 is 1.71 bits per heavy atom. The monoisotopic (exact) mass is 329 g/mol. The van der Waals surface area contributed by atoms with Crippen molar-refractivity contribution in [2.75, 3.05) is 0 Å². The Hall–Kier alpha value is -3.55. The average molecular weight is 329 g/mol. The second-order valence-corrected chi connectivity index (χ2v) is 4.60. The summed E-state index contributed by atoms with van der Waals surface area (Å²) in [5, 5.41) is 10.8. The van der Waals surface area contributed by atoms with E-state index < -0.39 is 22.6 Å². The molecule has 0 aliphatic heterocycles. The van der Waals surface area contributed by atoms with Crippen LogP contribution < -0.4 is 10.9 Å². The van der Waals surface area contributed by atoms with Crippen LogP contribution in [0, 0.1) is 15.9 Å². The average Bonchev–Trinajstić information content (AvgIpc) is 2.58.